The van der Waals surface area contributed by atoms with Crippen molar-refractivity contribution in [1.29, 1.82) is 0 Å². The second kappa shape index (κ2) is 8.47. The Morgan fingerprint density at radius 1 is 1.29 bits per heavy atom. The van der Waals surface area contributed by atoms with Crippen LogP contribution in [0.15, 0.2) is 30.3 Å². The van der Waals surface area contributed by atoms with Gasteiger partial charge >= 0.3 is 5.97 Å². The van der Waals surface area contributed by atoms with Crippen LogP contribution in [0.3, 0.4) is 0 Å². The molecule has 0 bridgehead atoms. The Morgan fingerprint density at radius 2 is 2.00 bits per heavy atom. The first-order valence-electron chi connectivity index (χ1n) is 8.35. The zero-order chi connectivity index (χ0) is 17.5. The van der Waals surface area contributed by atoms with Crippen molar-refractivity contribution in [2.45, 2.75) is 51.1 Å². The van der Waals surface area contributed by atoms with Crippen molar-refractivity contribution in [3.8, 4) is 0 Å². The highest BCUT2D eigenvalue weighted by atomic mass is 16.4. The fraction of sp³-hybridized carbons (Fsp3) is 0.500. The highest BCUT2D eigenvalue weighted by Gasteiger charge is 2.36. The van der Waals surface area contributed by atoms with E-state index in [1.165, 1.54) is 10.5 Å². The molecule has 0 unspecified atom stereocenters. The first-order valence-corrected chi connectivity index (χ1v) is 8.35. The summed E-state index contributed by atoms with van der Waals surface area (Å²) in [6.45, 7) is 2.04. The highest BCUT2D eigenvalue weighted by molar-refractivity contribution is 5.90. The number of likely N-dealkylation sites (tertiary alicyclic amines) is 1. The molecule has 0 spiro atoms. The minimum atomic E-state index is -0.984. The summed E-state index contributed by atoms with van der Waals surface area (Å²) in [5.74, 6) is -1.49. The number of carboxylic acids is 1. The van der Waals surface area contributed by atoms with E-state index in [1.807, 2.05) is 30.3 Å². The molecule has 1 fully saturated rings. The van der Waals surface area contributed by atoms with Crippen LogP contribution in [0.2, 0.25) is 0 Å². The van der Waals surface area contributed by atoms with Gasteiger partial charge in [0.25, 0.3) is 0 Å². The summed E-state index contributed by atoms with van der Waals surface area (Å²) in [6.07, 6.45) is 3.01. The van der Waals surface area contributed by atoms with E-state index in [4.69, 9.17) is 5.11 Å². The van der Waals surface area contributed by atoms with E-state index in [2.05, 4.69) is 5.32 Å². The zero-order valence-electron chi connectivity index (χ0n) is 13.9. The summed E-state index contributed by atoms with van der Waals surface area (Å²) in [4.78, 5) is 36.8. The molecule has 6 heteroatoms. The topological polar surface area (TPSA) is 86.7 Å². The third-order valence-corrected chi connectivity index (χ3v) is 4.28. The van der Waals surface area contributed by atoms with Gasteiger partial charge in [-0.25, -0.2) is 4.79 Å². The summed E-state index contributed by atoms with van der Waals surface area (Å²) < 4.78 is 0. The summed E-state index contributed by atoms with van der Waals surface area (Å²) in [5.41, 5.74) is 1.18. The van der Waals surface area contributed by atoms with E-state index in [1.54, 1.807) is 6.92 Å². The third kappa shape index (κ3) is 4.81. The van der Waals surface area contributed by atoms with E-state index in [9.17, 15) is 14.4 Å². The Bertz CT molecular complexity index is 588. The Balaban J connectivity index is 1.76. The molecule has 1 saturated heterocycles. The van der Waals surface area contributed by atoms with Gasteiger partial charge in [-0.1, -0.05) is 30.3 Å². The molecular weight excluding hydrogens is 308 g/mol. The van der Waals surface area contributed by atoms with Crippen molar-refractivity contribution >= 4 is 17.8 Å². The lowest BCUT2D eigenvalue weighted by Gasteiger charge is -2.25. The summed E-state index contributed by atoms with van der Waals surface area (Å²) in [7, 11) is 0. The number of carboxylic acid groups (broad SMARTS) is 1. The molecule has 1 aliphatic rings. The minimum Gasteiger partial charge on any atom is -0.480 e. The number of aryl methyl sites for hydroxylation is 1. The average molecular weight is 332 g/mol. The lowest BCUT2D eigenvalue weighted by Crippen LogP contribution is -2.50. The molecule has 0 aromatic heterocycles. The monoisotopic (exact) mass is 332 g/mol. The summed E-state index contributed by atoms with van der Waals surface area (Å²) >= 11 is 0. The predicted octanol–water partition coefficient (Wildman–Crippen LogP) is 1.59. The van der Waals surface area contributed by atoms with Crippen molar-refractivity contribution < 1.29 is 19.5 Å². The molecule has 1 aliphatic heterocycles. The van der Waals surface area contributed by atoms with Crippen LogP contribution in [-0.2, 0) is 20.8 Å². The maximum atomic E-state index is 12.3. The number of hydrogen-bond donors (Lipinski definition) is 2. The molecule has 130 valence electrons. The van der Waals surface area contributed by atoms with Gasteiger partial charge in [0.05, 0.1) is 0 Å². The average Bonchev–Trinajstić information content (AvgIpc) is 3.05. The van der Waals surface area contributed by atoms with Crippen LogP contribution in [0, 0.1) is 0 Å². The molecule has 0 aliphatic carbocycles. The van der Waals surface area contributed by atoms with Gasteiger partial charge in [0.2, 0.25) is 11.8 Å². The molecule has 1 aromatic carbocycles. The van der Waals surface area contributed by atoms with Crippen LogP contribution in [0.25, 0.3) is 0 Å². The zero-order valence-corrected chi connectivity index (χ0v) is 13.9. The summed E-state index contributed by atoms with van der Waals surface area (Å²) in [5, 5.41) is 11.8. The molecule has 2 rings (SSSR count). The maximum Gasteiger partial charge on any atom is 0.326 e. The van der Waals surface area contributed by atoms with E-state index >= 15 is 0 Å². The molecule has 2 amide bonds. The second-order valence-corrected chi connectivity index (χ2v) is 6.16. The standard InChI is InChI=1S/C18H24N2O4/c1-13(17(22)20-12-6-10-15(20)18(23)24)19-16(21)11-5-9-14-7-3-2-4-8-14/h2-4,7-8,13,15H,5-6,9-12H2,1H3,(H,19,21)(H,23,24)/t13-,15-/m1/s1. The molecule has 2 N–H and O–H groups in total. The number of aliphatic carboxylic acids is 1. The Labute approximate surface area is 141 Å². The van der Waals surface area contributed by atoms with E-state index in [0.29, 0.717) is 32.2 Å². The van der Waals surface area contributed by atoms with Gasteiger partial charge in [-0.15, -0.1) is 0 Å². The normalized spacial score (nSPS) is 18.2. The number of carbonyl (C=O) groups excluding carboxylic acids is 2. The van der Waals surface area contributed by atoms with Crippen LogP contribution < -0.4 is 5.32 Å². The molecule has 2 atom stereocenters. The number of nitrogens with zero attached hydrogens (tertiary/aromatic N) is 1. The van der Waals surface area contributed by atoms with Gasteiger partial charge in [-0.3, -0.25) is 9.59 Å². The first kappa shape index (κ1) is 18.0. The molecule has 0 saturated carbocycles. The van der Waals surface area contributed by atoms with Crippen molar-refractivity contribution in [2.75, 3.05) is 6.54 Å². The number of carbonyl (C=O) groups is 3. The maximum absolute atomic E-state index is 12.3. The van der Waals surface area contributed by atoms with Crippen molar-refractivity contribution in [3.05, 3.63) is 35.9 Å². The largest absolute Gasteiger partial charge is 0.480 e. The van der Waals surface area contributed by atoms with Gasteiger partial charge < -0.3 is 15.3 Å². The Morgan fingerprint density at radius 3 is 2.67 bits per heavy atom. The quantitative estimate of drug-likeness (QED) is 0.794. The smallest absolute Gasteiger partial charge is 0.326 e. The van der Waals surface area contributed by atoms with Crippen LogP contribution in [0.1, 0.15) is 38.2 Å². The van der Waals surface area contributed by atoms with Crippen LogP contribution in [-0.4, -0.2) is 46.4 Å². The number of amides is 2. The molecule has 0 radical (unpaired) electrons. The molecule has 1 heterocycles. The van der Waals surface area contributed by atoms with E-state index in [0.717, 1.165) is 6.42 Å². The fourth-order valence-corrected chi connectivity index (χ4v) is 3.01. The number of rotatable bonds is 7. The van der Waals surface area contributed by atoms with Crippen molar-refractivity contribution in [1.82, 2.24) is 10.2 Å². The van der Waals surface area contributed by atoms with Crippen molar-refractivity contribution in [3.63, 3.8) is 0 Å². The fourth-order valence-electron chi connectivity index (χ4n) is 3.01. The van der Waals surface area contributed by atoms with E-state index in [-0.39, 0.29) is 11.8 Å². The van der Waals surface area contributed by atoms with Gasteiger partial charge in [0, 0.05) is 13.0 Å². The van der Waals surface area contributed by atoms with Crippen molar-refractivity contribution in [2.24, 2.45) is 0 Å². The van der Waals surface area contributed by atoms with Gasteiger partial charge in [0.1, 0.15) is 12.1 Å². The highest BCUT2D eigenvalue weighted by Crippen LogP contribution is 2.18. The molecular formula is C18H24N2O4. The number of nitrogens with one attached hydrogen (secondary N) is 1. The molecule has 24 heavy (non-hydrogen) atoms. The second-order valence-electron chi connectivity index (χ2n) is 6.16. The Hall–Kier alpha value is -2.37. The van der Waals surface area contributed by atoms with Crippen LogP contribution in [0.5, 0.6) is 0 Å². The summed E-state index contributed by atoms with van der Waals surface area (Å²) in [6, 6.07) is 8.44. The van der Waals surface area contributed by atoms with Crippen LogP contribution in [0.4, 0.5) is 0 Å². The third-order valence-electron chi connectivity index (χ3n) is 4.28. The predicted molar refractivity (Wildman–Crippen MR) is 89.4 cm³/mol. The molecule has 1 aromatic rings. The molecule has 6 nitrogen and oxygen atoms in total. The lowest BCUT2D eigenvalue weighted by molar-refractivity contribution is -0.149. The number of hydrogen-bond acceptors (Lipinski definition) is 3. The first-order chi connectivity index (χ1) is 11.5. The van der Waals surface area contributed by atoms with Gasteiger partial charge in [-0.2, -0.15) is 0 Å². The van der Waals surface area contributed by atoms with Gasteiger partial charge in [0.15, 0.2) is 0 Å². The number of benzene rings is 1. The van der Waals surface area contributed by atoms with Crippen LogP contribution >= 0.6 is 0 Å². The van der Waals surface area contributed by atoms with E-state index < -0.39 is 18.1 Å². The van der Waals surface area contributed by atoms with Gasteiger partial charge in [-0.05, 0) is 38.2 Å². The minimum absolute atomic E-state index is 0.183. The SMILES string of the molecule is C[C@@H](NC(=O)CCCc1ccccc1)C(=O)N1CCC[C@@H]1C(=O)O. The lowest BCUT2D eigenvalue weighted by atomic mass is 10.1. The Kier molecular flexibility index (Phi) is 6.35.